The van der Waals surface area contributed by atoms with E-state index < -0.39 is 0 Å². The van der Waals surface area contributed by atoms with Crippen molar-refractivity contribution in [2.24, 2.45) is 5.73 Å². The number of morpholine rings is 1. The van der Waals surface area contributed by atoms with E-state index in [1.807, 2.05) is 6.07 Å². The number of nitrogens with two attached hydrogens (primary N) is 1. The van der Waals surface area contributed by atoms with Crippen molar-refractivity contribution in [2.75, 3.05) is 31.6 Å². The molecule has 6 nitrogen and oxygen atoms in total. The lowest BCUT2D eigenvalue weighted by Crippen LogP contribution is -2.47. The summed E-state index contributed by atoms with van der Waals surface area (Å²) in [6.07, 6.45) is 0.679. The molecule has 146 valence electrons. The quantitative estimate of drug-likeness (QED) is 0.810. The molecule has 0 spiro atoms. The Balaban J connectivity index is 0.00000261. The molecule has 27 heavy (non-hydrogen) atoms. The molecule has 2 aromatic rings. The second-order valence-corrected chi connectivity index (χ2v) is 6.00. The summed E-state index contributed by atoms with van der Waals surface area (Å²) in [7, 11) is 0. The van der Waals surface area contributed by atoms with Gasteiger partial charge in [-0.1, -0.05) is 12.1 Å². The first-order chi connectivity index (χ1) is 12.7. The summed E-state index contributed by atoms with van der Waals surface area (Å²) in [5.41, 5.74) is 6.11. The number of urea groups is 1. The summed E-state index contributed by atoms with van der Waals surface area (Å²) in [5.74, 6) is 0.639. The number of hydrogen-bond donors (Lipinski definition) is 2. The van der Waals surface area contributed by atoms with Crippen LogP contribution >= 0.6 is 12.4 Å². The Hall–Kier alpha value is -2.35. The fourth-order valence-corrected chi connectivity index (χ4v) is 2.75. The van der Waals surface area contributed by atoms with Crippen molar-refractivity contribution in [3.8, 4) is 11.5 Å². The number of anilines is 1. The standard InChI is InChI=1S/C19H22FN3O3.ClH/c20-14-5-7-15(8-6-14)26-18-4-2-1-3-17(18)22-19(24)23-11-12-25-16(13-23)9-10-21;/h1-8,16H,9-13,21H2,(H,22,24);1H. The molecule has 1 fully saturated rings. The number of carbonyl (C=O) groups excluding carboxylic acids is 1. The number of rotatable bonds is 5. The lowest BCUT2D eigenvalue weighted by molar-refractivity contribution is -0.0146. The van der Waals surface area contributed by atoms with E-state index in [1.165, 1.54) is 24.3 Å². The predicted octanol–water partition coefficient (Wildman–Crippen LogP) is 3.62. The minimum atomic E-state index is -0.335. The van der Waals surface area contributed by atoms with Crippen LogP contribution in [0.4, 0.5) is 14.9 Å². The van der Waals surface area contributed by atoms with Crippen molar-refractivity contribution in [1.29, 1.82) is 0 Å². The zero-order chi connectivity index (χ0) is 18.4. The fraction of sp³-hybridized carbons (Fsp3) is 0.316. The Morgan fingerprint density at radius 1 is 1.26 bits per heavy atom. The molecule has 1 aliphatic heterocycles. The molecule has 0 radical (unpaired) electrons. The molecule has 1 saturated heterocycles. The zero-order valence-electron chi connectivity index (χ0n) is 14.8. The molecule has 1 aliphatic rings. The molecular formula is C19H23ClFN3O3. The highest BCUT2D eigenvalue weighted by atomic mass is 35.5. The van der Waals surface area contributed by atoms with Crippen LogP contribution in [0.2, 0.25) is 0 Å². The first-order valence-electron chi connectivity index (χ1n) is 8.56. The number of nitrogens with zero attached hydrogens (tertiary/aromatic N) is 1. The van der Waals surface area contributed by atoms with Crippen LogP contribution in [0.5, 0.6) is 11.5 Å². The second-order valence-electron chi connectivity index (χ2n) is 6.00. The Morgan fingerprint density at radius 3 is 2.74 bits per heavy atom. The van der Waals surface area contributed by atoms with Crippen molar-refractivity contribution >= 4 is 24.1 Å². The molecule has 3 N–H and O–H groups in total. The van der Waals surface area contributed by atoms with Crippen molar-refractivity contribution in [1.82, 2.24) is 4.90 Å². The predicted molar refractivity (Wildman–Crippen MR) is 104 cm³/mol. The maximum atomic E-state index is 13.0. The molecule has 1 atom stereocenters. The summed E-state index contributed by atoms with van der Waals surface area (Å²) in [6.45, 7) is 2.04. The Labute approximate surface area is 163 Å². The van der Waals surface area contributed by atoms with Crippen LogP contribution in [0.1, 0.15) is 6.42 Å². The molecule has 0 bridgehead atoms. The third-order valence-corrected chi connectivity index (χ3v) is 4.08. The number of nitrogens with one attached hydrogen (secondary N) is 1. The summed E-state index contributed by atoms with van der Waals surface area (Å²) < 4.78 is 24.4. The molecule has 2 aromatic carbocycles. The van der Waals surface area contributed by atoms with Crippen molar-refractivity contribution in [2.45, 2.75) is 12.5 Å². The molecular weight excluding hydrogens is 373 g/mol. The van der Waals surface area contributed by atoms with E-state index in [0.29, 0.717) is 49.8 Å². The van der Waals surface area contributed by atoms with E-state index in [4.69, 9.17) is 15.2 Å². The maximum absolute atomic E-state index is 13.0. The lowest BCUT2D eigenvalue weighted by Gasteiger charge is -2.33. The molecule has 1 unspecified atom stereocenters. The average Bonchev–Trinajstić information content (AvgIpc) is 2.66. The highest BCUT2D eigenvalue weighted by Crippen LogP contribution is 2.29. The highest BCUT2D eigenvalue weighted by Gasteiger charge is 2.24. The Kier molecular flexibility index (Phi) is 7.84. The smallest absolute Gasteiger partial charge is 0.322 e. The van der Waals surface area contributed by atoms with Crippen LogP contribution in [-0.2, 0) is 4.74 Å². The van der Waals surface area contributed by atoms with Gasteiger partial charge in [0, 0.05) is 13.1 Å². The van der Waals surface area contributed by atoms with Crippen LogP contribution in [0, 0.1) is 5.82 Å². The molecule has 8 heteroatoms. The van der Waals surface area contributed by atoms with Crippen molar-refractivity contribution in [3.05, 3.63) is 54.3 Å². The number of para-hydroxylation sites is 2. The van der Waals surface area contributed by atoms with Gasteiger partial charge in [-0.25, -0.2) is 9.18 Å². The van der Waals surface area contributed by atoms with E-state index >= 15 is 0 Å². The molecule has 2 amide bonds. The van der Waals surface area contributed by atoms with E-state index in [2.05, 4.69) is 5.32 Å². The van der Waals surface area contributed by atoms with Gasteiger partial charge in [0.15, 0.2) is 5.75 Å². The summed E-state index contributed by atoms with van der Waals surface area (Å²) >= 11 is 0. The van der Waals surface area contributed by atoms with Crippen LogP contribution in [0.15, 0.2) is 48.5 Å². The minimum Gasteiger partial charge on any atom is -0.455 e. The first-order valence-corrected chi connectivity index (χ1v) is 8.56. The van der Waals surface area contributed by atoms with E-state index in [1.54, 1.807) is 23.1 Å². The topological polar surface area (TPSA) is 76.8 Å². The maximum Gasteiger partial charge on any atom is 0.322 e. The van der Waals surface area contributed by atoms with Gasteiger partial charge in [0.05, 0.1) is 18.4 Å². The third-order valence-electron chi connectivity index (χ3n) is 4.08. The second kappa shape index (κ2) is 10.1. The molecule has 0 aromatic heterocycles. The molecule has 0 saturated carbocycles. The average molecular weight is 396 g/mol. The number of amides is 2. The van der Waals surface area contributed by atoms with E-state index in [0.717, 1.165) is 0 Å². The Morgan fingerprint density at radius 2 is 2.00 bits per heavy atom. The number of hydrogen-bond acceptors (Lipinski definition) is 4. The van der Waals surface area contributed by atoms with Crippen LogP contribution < -0.4 is 15.8 Å². The van der Waals surface area contributed by atoms with Gasteiger partial charge in [0.25, 0.3) is 0 Å². The number of carbonyl (C=O) groups is 1. The van der Waals surface area contributed by atoms with Gasteiger partial charge in [-0.05, 0) is 49.4 Å². The summed E-state index contributed by atoms with van der Waals surface area (Å²) in [6, 6.07) is 12.6. The highest BCUT2D eigenvalue weighted by molar-refractivity contribution is 5.91. The van der Waals surface area contributed by atoms with Crippen LogP contribution in [0.25, 0.3) is 0 Å². The van der Waals surface area contributed by atoms with Gasteiger partial charge in [0.1, 0.15) is 11.6 Å². The minimum absolute atomic E-state index is 0. The van der Waals surface area contributed by atoms with Crippen molar-refractivity contribution < 1.29 is 18.7 Å². The summed E-state index contributed by atoms with van der Waals surface area (Å²) in [5, 5.41) is 2.88. The van der Waals surface area contributed by atoms with Gasteiger partial charge in [0.2, 0.25) is 0 Å². The lowest BCUT2D eigenvalue weighted by atomic mass is 10.2. The van der Waals surface area contributed by atoms with Gasteiger partial charge >= 0.3 is 6.03 Å². The molecule has 0 aliphatic carbocycles. The largest absolute Gasteiger partial charge is 0.455 e. The van der Waals surface area contributed by atoms with Crippen molar-refractivity contribution in [3.63, 3.8) is 0 Å². The van der Waals surface area contributed by atoms with Gasteiger partial charge in [-0.3, -0.25) is 0 Å². The van der Waals surface area contributed by atoms with Crippen LogP contribution in [-0.4, -0.2) is 43.3 Å². The number of halogens is 2. The van der Waals surface area contributed by atoms with E-state index in [-0.39, 0.29) is 30.4 Å². The number of benzene rings is 2. The Bertz CT molecular complexity index is 743. The SMILES string of the molecule is Cl.NCCC1CN(C(=O)Nc2ccccc2Oc2ccc(F)cc2)CCO1. The fourth-order valence-electron chi connectivity index (χ4n) is 2.75. The van der Waals surface area contributed by atoms with E-state index in [9.17, 15) is 9.18 Å². The molecule has 1 heterocycles. The normalized spacial score (nSPS) is 16.4. The zero-order valence-corrected chi connectivity index (χ0v) is 15.6. The molecule has 3 rings (SSSR count). The van der Waals surface area contributed by atoms with Gasteiger partial charge in [-0.15, -0.1) is 12.4 Å². The van der Waals surface area contributed by atoms with Gasteiger partial charge < -0.3 is 25.4 Å². The monoisotopic (exact) mass is 395 g/mol. The van der Waals surface area contributed by atoms with Gasteiger partial charge in [-0.2, -0.15) is 0 Å². The first kappa shape index (κ1) is 21.0. The summed E-state index contributed by atoms with van der Waals surface area (Å²) in [4.78, 5) is 14.3. The van der Waals surface area contributed by atoms with Crippen LogP contribution in [0.3, 0.4) is 0 Å². The third kappa shape index (κ3) is 5.82. The number of ether oxygens (including phenoxy) is 2.